The van der Waals surface area contributed by atoms with Gasteiger partial charge in [0, 0.05) is 25.4 Å². The van der Waals surface area contributed by atoms with E-state index in [4.69, 9.17) is 4.74 Å². The van der Waals surface area contributed by atoms with Crippen LogP contribution in [-0.4, -0.2) is 58.5 Å². The molecule has 2 aliphatic heterocycles. The third kappa shape index (κ3) is 4.36. The summed E-state index contributed by atoms with van der Waals surface area (Å²) in [4.78, 5) is 14.9. The molecule has 134 valence electrons. The van der Waals surface area contributed by atoms with Crippen LogP contribution >= 0.6 is 0 Å². The minimum absolute atomic E-state index is 0.103. The highest BCUT2D eigenvalue weighted by molar-refractivity contribution is 5.81. The lowest BCUT2D eigenvalue weighted by Gasteiger charge is -2.39. The summed E-state index contributed by atoms with van der Waals surface area (Å²) < 4.78 is 7.60. The number of piperidine rings is 1. The monoisotopic (exact) mass is 334 g/mol. The molecule has 0 aromatic carbocycles. The van der Waals surface area contributed by atoms with Crippen LogP contribution in [0.3, 0.4) is 0 Å². The van der Waals surface area contributed by atoms with Crippen LogP contribution in [0.2, 0.25) is 0 Å². The number of nitrogens with one attached hydrogen (secondary N) is 1. The van der Waals surface area contributed by atoms with Gasteiger partial charge in [-0.25, -0.2) is 0 Å². The number of hydrogen-bond acceptors (Lipinski definition) is 4. The summed E-state index contributed by atoms with van der Waals surface area (Å²) in [5.74, 6) is 0.119. The average molecular weight is 334 g/mol. The van der Waals surface area contributed by atoms with Crippen LogP contribution in [0.5, 0.6) is 0 Å². The van der Waals surface area contributed by atoms with Crippen molar-refractivity contribution in [1.82, 2.24) is 20.0 Å². The molecule has 0 saturated carbocycles. The first-order valence-electron chi connectivity index (χ1n) is 9.27. The molecule has 1 N–H and O–H groups in total. The molecule has 0 spiro atoms. The quantitative estimate of drug-likeness (QED) is 0.861. The van der Waals surface area contributed by atoms with Crippen LogP contribution in [0.4, 0.5) is 0 Å². The standard InChI is InChI=1S/C18H30N4O2/c1-14-10-20-21(12-14)13-16-6-3-4-8-22(16)15(2)18(23)19-11-17-7-5-9-24-17/h10,12,15-17H,3-9,11,13H2,1-2H3,(H,19,23)/t15-,16-,17-/m0/s1. The van der Waals surface area contributed by atoms with Crippen molar-refractivity contribution >= 4 is 5.91 Å². The Labute approximate surface area is 144 Å². The fraction of sp³-hybridized carbons (Fsp3) is 0.778. The Morgan fingerprint density at radius 1 is 1.42 bits per heavy atom. The maximum absolute atomic E-state index is 12.6. The van der Waals surface area contributed by atoms with Crippen LogP contribution in [0.1, 0.15) is 44.6 Å². The Balaban J connectivity index is 1.55. The van der Waals surface area contributed by atoms with Gasteiger partial charge in [0.25, 0.3) is 0 Å². The topological polar surface area (TPSA) is 59.4 Å². The Hall–Kier alpha value is -1.40. The lowest BCUT2D eigenvalue weighted by Crippen LogP contribution is -2.53. The molecule has 6 nitrogen and oxygen atoms in total. The van der Waals surface area contributed by atoms with Gasteiger partial charge in [-0.05, 0) is 51.6 Å². The SMILES string of the molecule is Cc1cnn(C[C@@H]2CCCCN2[C@@H](C)C(=O)NC[C@@H]2CCCO2)c1. The molecule has 0 aliphatic carbocycles. The number of rotatable bonds is 6. The highest BCUT2D eigenvalue weighted by Gasteiger charge is 2.31. The number of carbonyl (C=O) groups is 1. The van der Waals surface area contributed by atoms with Gasteiger partial charge < -0.3 is 10.1 Å². The van der Waals surface area contributed by atoms with Gasteiger partial charge in [-0.2, -0.15) is 5.10 Å². The van der Waals surface area contributed by atoms with Crippen LogP contribution in [0, 0.1) is 6.92 Å². The summed E-state index contributed by atoms with van der Waals surface area (Å²) in [6.07, 6.45) is 9.85. The molecule has 24 heavy (non-hydrogen) atoms. The van der Waals surface area contributed by atoms with E-state index in [1.807, 2.05) is 17.8 Å². The minimum atomic E-state index is -0.103. The number of hydrogen-bond donors (Lipinski definition) is 1. The van der Waals surface area contributed by atoms with E-state index >= 15 is 0 Å². The molecular formula is C18H30N4O2. The first kappa shape index (κ1) is 17.4. The second-order valence-corrected chi connectivity index (χ2v) is 7.18. The lowest BCUT2D eigenvalue weighted by molar-refractivity contribution is -0.128. The molecule has 1 amide bonds. The molecule has 6 heteroatoms. The fourth-order valence-corrected chi connectivity index (χ4v) is 3.83. The van der Waals surface area contributed by atoms with Crippen LogP contribution in [0.15, 0.2) is 12.4 Å². The maximum Gasteiger partial charge on any atom is 0.237 e. The van der Waals surface area contributed by atoms with Crippen molar-refractivity contribution in [2.75, 3.05) is 19.7 Å². The molecule has 2 fully saturated rings. The van der Waals surface area contributed by atoms with Crippen molar-refractivity contribution < 1.29 is 9.53 Å². The summed E-state index contributed by atoms with van der Waals surface area (Å²) >= 11 is 0. The van der Waals surface area contributed by atoms with E-state index in [0.29, 0.717) is 12.6 Å². The molecule has 2 aliphatic rings. The molecular weight excluding hydrogens is 304 g/mol. The minimum Gasteiger partial charge on any atom is -0.376 e. The highest BCUT2D eigenvalue weighted by atomic mass is 16.5. The summed E-state index contributed by atoms with van der Waals surface area (Å²) in [5, 5.41) is 7.49. The Bertz CT molecular complexity index is 539. The van der Waals surface area contributed by atoms with Crippen molar-refractivity contribution in [1.29, 1.82) is 0 Å². The van der Waals surface area contributed by atoms with Crippen molar-refractivity contribution in [3.63, 3.8) is 0 Å². The maximum atomic E-state index is 12.6. The van der Waals surface area contributed by atoms with Gasteiger partial charge in [-0.3, -0.25) is 14.4 Å². The number of carbonyl (C=O) groups excluding carboxylic acids is 1. The molecule has 3 heterocycles. The average Bonchev–Trinajstić information content (AvgIpc) is 3.24. The zero-order chi connectivity index (χ0) is 16.9. The van der Waals surface area contributed by atoms with E-state index in [9.17, 15) is 4.79 Å². The third-order valence-corrected chi connectivity index (χ3v) is 5.24. The van der Waals surface area contributed by atoms with Gasteiger partial charge in [-0.1, -0.05) is 6.42 Å². The first-order valence-corrected chi connectivity index (χ1v) is 9.27. The molecule has 3 rings (SSSR count). The van der Waals surface area contributed by atoms with Gasteiger partial charge in [0.2, 0.25) is 5.91 Å². The smallest absolute Gasteiger partial charge is 0.237 e. The van der Waals surface area contributed by atoms with E-state index < -0.39 is 0 Å². The van der Waals surface area contributed by atoms with Gasteiger partial charge in [-0.15, -0.1) is 0 Å². The Morgan fingerprint density at radius 2 is 2.29 bits per heavy atom. The third-order valence-electron chi connectivity index (χ3n) is 5.24. The van der Waals surface area contributed by atoms with Crippen LogP contribution in [0.25, 0.3) is 0 Å². The molecule has 3 atom stereocenters. The van der Waals surface area contributed by atoms with E-state index in [0.717, 1.165) is 45.4 Å². The summed E-state index contributed by atoms with van der Waals surface area (Å²) in [6, 6.07) is 0.273. The second-order valence-electron chi connectivity index (χ2n) is 7.18. The predicted molar refractivity (Wildman–Crippen MR) is 92.8 cm³/mol. The Morgan fingerprint density at radius 3 is 3.00 bits per heavy atom. The van der Waals surface area contributed by atoms with Crippen molar-refractivity contribution in [3.8, 4) is 0 Å². The summed E-state index contributed by atoms with van der Waals surface area (Å²) in [5.41, 5.74) is 1.18. The van der Waals surface area contributed by atoms with Crippen molar-refractivity contribution in [3.05, 3.63) is 18.0 Å². The van der Waals surface area contributed by atoms with Gasteiger partial charge in [0.05, 0.1) is 24.9 Å². The molecule has 0 unspecified atom stereocenters. The van der Waals surface area contributed by atoms with Crippen LogP contribution < -0.4 is 5.32 Å². The number of aryl methyl sites for hydroxylation is 1. The van der Waals surface area contributed by atoms with E-state index in [1.165, 1.54) is 12.0 Å². The number of nitrogens with zero attached hydrogens (tertiary/aromatic N) is 3. The van der Waals surface area contributed by atoms with Crippen molar-refractivity contribution in [2.45, 2.75) is 70.7 Å². The molecule has 1 aromatic heterocycles. The van der Waals surface area contributed by atoms with Gasteiger partial charge in [0.15, 0.2) is 0 Å². The van der Waals surface area contributed by atoms with Gasteiger partial charge in [0.1, 0.15) is 0 Å². The summed E-state index contributed by atoms with van der Waals surface area (Å²) in [6.45, 7) is 7.39. The zero-order valence-corrected chi connectivity index (χ0v) is 14.9. The molecule has 0 radical (unpaired) electrons. The number of ether oxygens (including phenoxy) is 1. The lowest BCUT2D eigenvalue weighted by atomic mass is 9.99. The number of amides is 1. The number of aromatic nitrogens is 2. The van der Waals surface area contributed by atoms with Gasteiger partial charge >= 0.3 is 0 Å². The van der Waals surface area contributed by atoms with E-state index in [-0.39, 0.29) is 18.1 Å². The largest absolute Gasteiger partial charge is 0.376 e. The molecule has 1 aromatic rings. The number of likely N-dealkylation sites (tertiary alicyclic amines) is 1. The van der Waals surface area contributed by atoms with E-state index in [1.54, 1.807) is 0 Å². The fourth-order valence-electron chi connectivity index (χ4n) is 3.83. The van der Waals surface area contributed by atoms with Crippen LogP contribution in [-0.2, 0) is 16.1 Å². The predicted octanol–water partition coefficient (Wildman–Crippen LogP) is 1.73. The summed E-state index contributed by atoms with van der Waals surface area (Å²) in [7, 11) is 0. The normalized spacial score (nSPS) is 26.4. The molecule has 0 bridgehead atoms. The zero-order valence-electron chi connectivity index (χ0n) is 14.9. The van der Waals surface area contributed by atoms with E-state index in [2.05, 4.69) is 28.4 Å². The van der Waals surface area contributed by atoms with Crippen molar-refractivity contribution in [2.24, 2.45) is 0 Å². The second kappa shape index (κ2) is 8.12. The first-order chi connectivity index (χ1) is 11.6. The Kier molecular flexibility index (Phi) is 5.89. The molecule has 2 saturated heterocycles. The highest BCUT2D eigenvalue weighted by Crippen LogP contribution is 2.21.